The lowest BCUT2D eigenvalue weighted by molar-refractivity contribution is -0.131. The zero-order valence-corrected chi connectivity index (χ0v) is 10.6. The van der Waals surface area contributed by atoms with Crippen molar-refractivity contribution < 1.29 is 9.90 Å². The van der Waals surface area contributed by atoms with Crippen LogP contribution in [0, 0.1) is 12.8 Å². The summed E-state index contributed by atoms with van der Waals surface area (Å²) in [4.78, 5) is 25.1. The standard InChI is InChI=1S/C11H16N2O3S/c1-8-7-17-11(16)13(8)5-10(15)12-3-2-9(4-12)6-14/h7,9,14H,2-6H2,1H3. The number of likely N-dealkylation sites (tertiary alicyclic amines) is 1. The summed E-state index contributed by atoms with van der Waals surface area (Å²) in [7, 11) is 0. The van der Waals surface area contributed by atoms with Crippen LogP contribution < -0.4 is 4.87 Å². The van der Waals surface area contributed by atoms with Gasteiger partial charge in [-0.2, -0.15) is 0 Å². The number of aryl methyl sites for hydroxylation is 1. The van der Waals surface area contributed by atoms with Gasteiger partial charge in [0.15, 0.2) is 0 Å². The van der Waals surface area contributed by atoms with Crippen LogP contribution in [0.5, 0.6) is 0 Å². The van der Waals surface area contributed by atoms with E-state index in [0.29, 0.717) is 13.1 Å². The van der Waals surface area contributed by atoms with Crippen molar-refractivity contribution in [2.75, 3.05) is 19.7 Å². The summed E-state index contributed by atoms with van der Waals surface area (Å²) in [5.74, 6) is 0.156. The van der Waals surface area contributed by atoms with E-state index < -0.39 is 0 Å². The minimum Gasteiger partial charge on any atom is -0.396 e. The highest BCUT2D eigenvalue weighted by Gasteiger charge is 2.26. The van der Waals surface area contributed by atoms with Gasteiger partial charge < -0.3 is 10.0 Å². The number of thiazole rings is 1. The Balaban J connectivity index is 2.01. The summed E-state index contributed by atoms with van der Waals surface area (Å²) in [6.45, 7) is 3.36. The summed E-state index contributed by atoms with van der Waals surface area (Å²) in [6.07, 6.45) is 0.847. The van der Waals surface area contributed by atoms with Gasteiger partial charge in [-0.3, -0.25) is 14.2 Å². The van der Waals surface area contributed by atoms with E-state index in [4.69, 9.17) is 5.11 Å². The van der Waals surface area contributed by atoms with E-state index in [0.717, 1.165) is 23.5 Å². The quantitative estimate of drug-likeness (QED) is 0.832. The number of aliphatic hydroxyl groups excluding tert-OH is 1. The molecule has 1 aromatic rings. The summed E-state index contributed by atoms with van der Waals surface area (Å²) in [6, 6.07) is 0. The SMILES string of the molecule is Cc1csc(=O)n1CC(=O)N1CCC(CO)C1. The first-order valence-electron chi connectivity index (χ1n) is 5.65. The Hall–Kier alpha value is -1.14. The number of carbonyl (C=O) groups is 1. The Bertz CT molecular complexity index is 466. The number of aliphatic hydroxyl groups is 1. The van der Waals surface area contributed by atoms with Gasteiger partial charge in [0.1, 0.15) is 6.54 Å². The molecule has 2 heterocycles. The van der Waals surface area contributed by atoms with Crippen molar-refractivity contribution in [3.8, 4) is 0 Å². The van der Waals surface area contributed by atoms with Gasteiger partial charge >= 0.3 is 4.87 Å². The smallest absolute Gasteiger partial charge is 0.307 e. The van der Waals surface area contributed by atoms with Crippen LogP contribution in [0.15, 0.2) is 10.2 Å². The van der Waals surface area contributed by atoms with E-state index >= 15 is 0 Å². The molecule has 1 aliphatic heterocycles. The monoisotopic (exact) mass is 256 g/mol. The van der Waals surface area contributed by atoms with Crippen molar-refractivity contribution in [3.63, 3.8) is 0 Å². The third kappa shape index (κ3) is 2.58. The Morgan fingerprint density at radius 1 is 1.65 bits per heavy atom. The Labute approximate surface area is 103 Å². The second-order valence-electron chi connectivity index (χ2n) is 4.41. The highest BCUT2D eigenvalue weighted by atomic mass is 32.1. The fourth-order valence-electron chi connectivity index (χ4n) is 2.04. The highest BCUT2D eigenvalue weighted by Crippen LogP contribution is 2.15. The van der Waals surface area contributed by atoms with Crippen LogP contribution in [0.1, 0.15) is 12.1 Å². The number of nitrogens with zero attached hydrogens (tertiary/aromatic N) is 2. The molecule has 1 amide bonds. The Morgan fingerprint density at radius 2 is 2.41 bits per heavy atom. The van der Waals surface area contributed by atoms with Crippen molar-refractivity contribution in [1.82, 2.24) is 9.47 Å². The minimum atomic E-state index is -0.0891. The molecule has 1 unspecified atom stereocenters. The maximum Gasteiger partial charge on any atom is 0.307 e. The lowest BCUT2D eigenvalue weighted by Crippen LogP contribution is -2.34. The van der Waals surface area contributed by atoms with E-state index in [2.05, 4.69) is 0 Å². The summed E-state index contributed by atoms with van der Waals surface area (Å²) >= 11 is 1.12. The molecule has 1 N–H and O–H groups in total. The van der Waals surface area contributed by atoms with Gasteiger partial charge in [-0.1, -0.05) is 11.3 Å². The molecular weight excluding hydrogens is 240 g/mol. The first-order chi connectivity index (χ1) is 8.11. The van der Waals surface area contributed by atoms with Crippen molar-refractivity contribution in [2.45, 2.75) is 19.9 Å². The third-order valence-electron chi connectivity index (χ3n) is 3.17. The molecule has 1 aromatic heterocycles. The summed E-state index contributed by atoms with van der Waals surface area (Å²) < 4.78 is 1.50. The number of carbonyl (C=O) groups excluding carboxylic acids is 1. The fourth-order valence-corrected chi connectivity index (χ4v) is 2.77. The molecule has 5 nitrogen and oxygen atoms in total. The van der Waals surface area contributed by atoms with Crippen LogP contribution in [0.25, 0.3) is 0 Å². The molecule has 1 fully saturated rings. The predicted molar refractivity (Wildman–Crippen MR) is 65.1 cm³/mol. The largest absolute Gasteiger partial charge is 0.396 e. The first-order valence-corrected chi connectivity index (χ1v) is 6.53. The minimum absolute atomic E-state index is 0.0375. The van der Waals surface area contributed by atoms with E-state index in [1.54, 1.807) is 10.3 Å². The van der Waals surface area contributed by atoms with Crippen LogP contribution in [0.4, 0.5) is 0 Å². The fraction of sp³-hybridized carbons (Fsp3) is 0.636. The Kier molecular flexibility index (Phi) is 3.63. The molecule has 1 aliphatic rings. The Morgan fingerprint density at radius 3 is 2.94 bits per heavy atom. The molecular formula is C11H16N2O3S. The second-order valence-corrected chi connectivity index (χ2v) is 5.23. The van der Waals surface area contributed by atoms with E-state index in [-0.39, 0.29) is 29.8 Å². The first kappa shape index (κ1) is 12.3. The normalized spacial score (nSPS) is 19.9. The van der Waals surface area contributed by atoms with Gasteiger partial charge in [0.2, 0.25) is 5.91 Å². The molecule has 0 spiro atoms. The molecule has 0 bridgehead atoms. The topological polar surface area (TPSA) is 62.5 Å². The zero-order valence-electron chi connectivity index (χ0n) is 9.76. The van der Waals surface area contributed by atoms with E-state index in [1.165, 1.54) is 4.57 Å². The molecule has 1 saturated heterocycles. The number of hydrogen-bond acceptors (Lipinski definition) is 4. The lowest BCUT2D eigenvalue weighted by Gasteiger charge is -2.16. The van der Waals surface area contributed by atoms with Gasteiger partial charge in [0.05, 0.1) is 0 Å². The van der Waals surface area contributed by atoms with Crippen molar-refractivity contribution in [3.05, 3.63) is 20.7 Å². The van der Waals surface area contributed by atoms with Gasteiger partial charge in [-0.05, 0) is 13.3 Å². The van der Waals surface area contributed by atoms with Crippen molar-refractivity contribution in [2.24, 2.45) is 5.92 Å². The average molecular weight is 256 g/mol. The number of rotatable bonds is 3. The molecule has 2 rings (SSSR count). The molecule has 0 aliphatic carbocycles. The summed E-state index contributed by atoms with van der Waals surface area (Å²) in [5, 5.41) is 10.8. The number of aromatic nitrogens is 1. The average Bonchev–Trinajstić information content (AvgIpc) is 2.90. The molecule has 0 aromatic carbocycles. The third-order valence-corrected chi connectivity index (χ3v) is 4.05. The molecule has 0 saturated carbocycles. The van der Waals surface area contributed by atoms with Crippen LogP contribution >= 0.6 is 11.3 Å². The van der Waals surface area contributed by atoms with Crippen molar-refractivity contribution in [1.29, 1.82) is 0 Å². The van der Waals surface area contributed by atoms with Crippen molar-refractivity contribution >= 4 is 17.2 Å². The molecule has 94 valence electrons. The zero-order chi connectivity index (χ0) is 12.4. The van der Waals surface area contributed by atoms with Crippen LogP contribution in [0.2, 0.25) is 0 Å². The maximum atomic E-state index is 12.0. The summed E-state index contributed by atoms with van der Waals surface area (Å²) in [5.41, 5.74) is 0.825. The van der Waals surface area contributed by atoms with Crippen LogP contribution in [-0.4, -0.2) is 40.2 Å². The molecule has 17 heavy (non-hydrogen) atoms. The molecule has 0 radical (unpaired) electrons. The highest BCUT2D eigenvalue weighted by molar-refractivity contribution is 7.07. The van der Waals surface area contributed by atoms with Gasteiger partial charge in [-0.25, -0.2) is 0 Å². The molecule has 6 heteroatoms. The second kappa shape index (κ2) is 5.01. The van der Waals surface area contributed by atoms with Crippen LogP contribution in [-0.2, 0) is 11.3 Å². The molecule has 1 atom stereocenters. The van der Waals surface area contributed by atoms with Gasteiger partial charge in [-0.15, -0.1) is 0 Å². The lowest BCUT2D eigenvalue weighted by atomic mass is 10.1. The number of amides is 1. The number of hydrogen-bond donors (Lipinski definition) is 1. The maximum absolute atomic E-state index is 12.0. The van der Waals surface area contributed by atoms with Gasteiger partial charge in [0.25, 0.3) is 0 Å². The van der Waals surface area contributed by atoms with Gasteiger partial charge in [0, 0.05) is 36.7 Å². The van der Waals surface area contributed by atoms with E-state index in [9.17, 15) is 9.59 Å². The van der Waals surface area contributed by atoms with Crippen LogP contribution in [0.3, 0.4) is 0 Å². The van der Waals surface area contributed by atoms with E-state index in [1.807, 2.05) is 6.92 Å². The predicted octanol–water partition coefficient (Wildman–Crippen LogP) is 0.0590.